The van der Waals surface area contributed by atoms with Crippen molar-refractivity contribution in [3.63, 3.8) is 0 Å². The third-order valence-electron chi connectivity index (χ3n) is 5.96. The smallest absolute Gasteiger partial charge is 0.194 e. The summed E-state index contributed by atoms with van der Waals surface area (Å²) in [5.41, 5.74) is 4.39. The summed E-state index contributed by atoms with van der Waals surface area (Å²) >= 11 is 1.68. The lowest BCUT2D eigenvalue weighted by molar-refractivity contribution is 0.246. The molecule has 0 spiro atoms. The number of benzene rings is 1. The average molecular weight is 431 g/mol. The molecule has 9 heteroatoms. The standard InChI is InChI=1S/C22H22N8S/c1-27-20-17(13-25-27)21(24-15-23-20)29-9-7-28(8-10-29)14-18-19(16-5-3-2-4-6-16)26-22-30(18)11-12-31-22/h2-6,11-13,15H,7-10,14H2,1H3. The van der Waals surface area contributed by atoms with Crippen molar-refractivity contribution in [1.82, 2.24) is 34.0 Å². The number of thiazole rings is 1. The van der Waals surface area contributed by atoms with Crippen LogP contribution < -0.4 is 4.90 Å². The predicted molar refractivity (Wildman–Crippen MR) is 122 cm³/mol. The molecule has 6 rings (SSSR count). The van der Waals surface area contributed by atoms with Gasteiger partial charge in [0.15, 0.2) is 10.6 Å². The molecule has 0 unspecified atom stereocenters. The molecule has 0 saturated carbocycles. The van der Waals surface area contributed by atoms with E-state index in [9.17, 15) is 0 Å². The maximum Gasteiger partial charge on any atom is 0.194 e. The third-order valence-corrected chi connectivity index (χ3v) is 6.72. The molecule has 0 radical (unpaired) electrons. The van der Waals surface area contributed by atoms with Crippen molar-refractivity contribution in [3.8, 4) is 11.3 Å². The summed E-state index contributed by atoms with van der Waals surface area (Å²) in [6.45, 7) is 4.66. The number of aromatic nitrogens is 6. The topological polar surface area (TPSA) is 67.4 Å². The molecule has 156 valence electrons. The van der Waals surface area contributed by atoms with Gasteiger partial charge in [0.25, 0.3) is 0 Å². The van der Waals surface area contributed by atoms with Gasteiger partial charge in [0, 0.05) is 56.9 Å². The molecule has 1 aliphatic rings. The Kier molecular flexibility index (Phi) is 4.43. The number of fused-ring (bicyclic) bond motifs is 2. The quantitative estimate of drug-likeness (QED) is 0.437. The van der Waals surface area contributed by atoms with E-state index in [0.717, 1.165) is 60.2 Å². The molecule has 1 saturated heterocycles. The van der Waals surface area contributed by atoms with Crippen LogP contribution >= 0.6 is 11.3 Å². The predicted octanol–water partition coefficient (Wildman–Crippen LogP) is 3.06. The number of anilines is 1. The van der Waals surface area contributed by atoms with Crippen molar-refractivity contribution < 1.29 is 0 Å². The van der Waals surface area contributed by atoms with Crippen LogP contribution in [-0.4, -0.2) is 60.2 Å². The Morgan fingerprint density at radius 3 is 2.71 bits per heavy atom. The van der Waals surface area contributed by atoms with Gasteiger partial charge in [-0.2, -0.15) is 5.10 Å². The van der Waals surface area contributed by atoms with Crippen LogP contribution in [0.4, 0.5) is 5.82 Å². The van der Waals surface area contributed by atoms with Crippen LogP contribution in [0.5, 0.6) is 0 Å². The van der Waals surface area contributed by atoms with Crippen molar-refractivity contribution >= 4 is 33.1 Å². The highest BCUT2D eigenvalue weighted by Gasteiger charge is 2.23. The first-order valence-corrected chi connectivity index (χ1v) is 11.3. The molecular weight excluding hydrogens is 408 g/mol. The minimum absolute atomic E-state index is 0.874. The van der Waals surface area contributed by atoms with E-state index in [2.05, 4.69) is 65.1 Å². The van der Waals surface area contributed by atoms with Crippen molar-refractivity contribution in [3.05, 3.63) is 60.1 Å². The molecule has 5 aromatic rings. The summed E-state index contributed by atoms with van der Waals surface area (Å²) in [4.78, 5) is 19.8. The highest BCUT2D eigenvalue weighted by molar-refractivity contribution is 7.15. The zero-order valence-corrected chi connectivity index (χ0v) is 18.0. The Morgan fingerprint density at radius 2 is 1.87 bits per heavy atom. The largest absolute Gasteiger partial charge is 0.353 e. The Hall–Kier alpha value is -3.30. The van der Waals surface area contributed by atoms with E-state index < -0.39 is 0 Å². The molecule has 31 heavy (non-hydrogen) atoms. The van der Waals surface area contributed by atoms with Crippen molar-refractivity contribution in [2.75, 3.05) is 31.1 Å². The van der Waals surface area contributed by atoms with E-state index in [1.165, 1.54) is 11.3 Å². The molecule has 0 bridgehead atoms. The van der Waals surface area contributed by atoms with E-state index in [4.69, 9.17) is 4.98 Å². The minimum Gasteiger partial charge on any atom is -0.353 e. The van der Waals surface area contributed by atoms with Crippen LogP contribution in [-0.2, 0) is 13.6 Å². The van der Waals surface area contributed by atoms with E-state index in [1.54, 1.807) is 22.3 Å². The lowest BCUT2D eigenvalue weighted by atomic mass is 10.1. The Balaban J connectivity index is 1.24. The first kappa shape index (κ1) is 18.5. The Bertz CT molecular complexity index is 1340. The second kappa shape index (κ2) is 7.44. The van der Waals surface area contributed by atoms with Gasteiger partial charge in [-0.25, -0.2) is 15.0 Å². The van der Waals surface area contributed by atoms with Gasteiger partial charge < -0.3 is 4.90 Å². The van der Waals surface area contributed by atoms with Crippen LogP contribution in [0.15, 0.2) is 54.4 Å². The molecule has 4 aromatic heterocycles. The highest BCUT2D eigenvalue weighted by Crippen LogP contribution is 2.29. The SMILES string of the molecule is Cn1ncc2c(N3CCN(Cc4c(-c5ccccc5)nc5sccn45)CC3)ncnc21. The second-order valence-electron chi connectivity index (χ2n) is 7.79. The summed E-state index contributed by atoms with van der Waals surface area (Å²) in [7, 11) is 1.91. The summed E-state index contributed by atoms with van der Waals surface area (Å²) in [5.74, 6) is 0.979. The zero-order chi connectivity index (χ0) is 20.8. The fourth-order valence-electron chi connectivity index (χ4n) is 4.34. The van der Waals surface area contributed by atoms with E-state index in [1.807, 2.05) is 19.3 Å². The van der Waals surface area contributed by atoms with Gasteiger partial charge in [-0.05, 0) is 0 Å². The molecular formula is C22H22N8S. The number of piperazine rings is 1. The summed E-state index contributed by atoms with van der Waals surface area (Å²) < 4.78 is 4.04. The first-order valence-electron chi connectivity index (χ1n) is 10.4. The molecule has 5 heterocycles. The fourth-order valence-corrected chi connectivity index (χ4v) is 5.08. The van der Waals surface area contributed by atoms with Gasteiger partial charge in [0.05, 0.1) is 23.0 Å². The number of aryl methyl sites for hydroxylation is 1. The lowest BCUT2D eigenvalue weighted by Gasteiger charge is -2.35. The normalized spacial score (nSPS) is 15.3. The molecule has 1 fully saturated rings. The monoisotopic (exact) mass is 430 g/mol. The molecule has 0 aliphatic carbocycles. The molecule has 0 atom stereocenters. The van der Waals surface area contributed by atoms with E-state index >= 15 is 0 Å². The summed E-state index contributed by atoms with van der Waals surface area (Å²) in [6, 6.07) is 10.5. The molecule has 1 aromatic carbocycles. The maximum absolute atomic E-state index is 4.93. The molecule has 0 amide bonds. The Labute approximate surface area is 183 Å². The van der Waals surface area contributed by atoms with Crippen LogP contribution in [0.3, 0.4) is 0 Å². The molecule has 1 aliphatic heterocycles. The first-order chi connectivity index (χ1) is 15.3. The lowest BCUT2D eigenvalue weighted by Crippen LogP contribution is -2.46. The number of hydrogen-bond acceptors (Lipinski definition) is 7. The van der Waals surface area contributed by atoms with Gasteiger partial charge in [-0.15, -0.1) is 11.3 Å². The molecule has 0 N–H and O–H groups in total. The second-order valence-corrected chi connectivity index (χ2v) is 8.67. The van der Waals surface area contributed by atoms with Crippen LogP contribution in [0.25, 0.3) is 27.3 Å². The van der Waals surface area contributed by atoms with Crippen LogP contribution in [0.2, 0.25) is 0 Å². The number of imidazole rings is 1. The van der Waals surface area contributed by atoms with Crippen molar-refractivity contribution in [2.45, 2.75) is 6.54 Å². The van der Waals surface area contributed by atoms with Gasteiger partial charge in [0.1, 0.15) is 12.1 Å². The van der Waals surface area contributed by atoms with Crippen molar-refractivity contribution in [2.24, 2.45) is 7.05 Å². The van der Waals surface area contributed by atoms with E-state index in [-0.39, 0.29) is 0 Å². The number of nitrogens with zero attached hydrogens (tertiary/aromatic N) is 8. The summed E-state index contributed by atoms with van der Waals surface area (Å²) in [6.07, 6.45) is 5.63. The number of rotatable bonds is 4. The van der Waals surface area contributed by atoms with Gasteiger partial charge in [-0.1, -0.05) is 30.3 Å². The minimum atomic E-state index is 0.874. The Morgan fingerprint density at radius 1 is 1.03 bits per heavy atom. The fraction of sp³-hybridized carbons (Fsp3) is 0.273. The maximum atomic E-state index is 4.93. The van der Waals surface area contributed by atoms with Gasteiger partial charge >= 0.3 is 0 Å². The van der Waals surface area contributed by atoms with Gasteiger partial charge in [-0.3, -0.25) is 14.0 Å². The van der Waals surface area contributed by atoms with Gasteiger partial charge in [0.2, 0.25) is 0 Å². The highest BCUT2D eigenvalue weighted by atomic mass is 32.1. The third kappa shape index (κ3) is 3.17. The zero-order valence-electron chi connectivity index (χ0n) is 17.2. The van der Waals surface area contributed by atoms with Crippen LogP contribution in [0, 0.1) is 0 Å². The van der Waals surface area contributed by atoms with Crippen LogP contribution in [0.1, 0.15) is 5.69 Å². The van der Waals surface area contributed by atoms with Crippen molar-refractivity contribution in [1.29, 1.82) is 0 Å². The average Bonchev–Trinajstić information content (AvgIpc) is 3.51. The summed E-state index contributed by atoms with van der Waals surface area (Å²) in [5, 5.41) is 7.47. The molecule has 8 nitrogen and oxygen atoms in total. The van der Waals surface area contributed by atoms with E-state index in [0.29, 0.717) is 0 Å². The number of hydrogen-bond donors (Lipinski definition) is 0.